The molecule has 0 aliphatic heterocycles. The molecule has 2 unspecified atom stereocenters. The van der Waals surface area contributed by atoms with Crippen LogP contribution in [0.15, 0.2) is 0 Å². The summed E-state index contributed by atoms with van der Waals surface area (Å²) < 4.78 is 5.65. The SMILES string of the molecule is CCCNC(C)C(CC)CCOCC(C)C. The Morgan fingerprint density at radius 3 is 2.31 bits per heavy atom. The van der Waals surface area contributed by atoms with Gasteiger partial charge in [-0.3, -0.25) is 0 Å². The molecule has 0 saturated carbocycles. The van der Waals surface area contributed by atoms with Gasteiger partial charge in [0.25, 0.3) is 0 Å². The van der Waals surface area contributed by atoms with Gasteiger partial charge in [-0.1, -0.05) is 34.1 Å². The maximum absolute atomic E-state index is 5.65. The van der Waals surface area contributed by atoms with E-state index in [-0.39, 0.29) is 0 Å². The molecule has 0 amide bonds. The molecule has 0 fully saturated rings. The van der Waals surface area contributed by atoms with Gasteiger partial charge in [0.2, 0.25) is 0 Å². The standard InChI is InChI=1S/C14H31NO/c1-6-9-15-13(5)14(7-2)8-10-16-11-12(3)4/h12-15H,6-11H2,1-5H3. The summed E-state index contributed by atoms with van der Waals surface area (Å²) in [5.74, 6) is 1.40. The first-order valence-corrected chi connectivity index (χ1v) is 6.92. The number of nitrogens with one attached hydrogen (secondary N) is 1. The van der Waals surface area contributed by atoms with Gasteiger partial charge in [0.1, 0.15) is 0 Å². The average Bonchev–Trinajstić information content (AvgIpc) is 2.25. The zero-order valence-corrected chi connectivity index (χ0v) is 11.9. The fourth-order valence-corrected chi connectivity index (χ4v) is 1.90. The van der Waals surface area contributed by atoms with Gasteiger partial charge in [-0.2, -0.15) is 0 Å². The molecule has 2 nitrogen and oxygen atoms in total. The van der Waals surface area contributed by atoms with E-state index in [9.17, 15) is 0 Å². The van der Waals surface area contributed by atoms with E-state index in [0.29, 0.717) is 12.0 Å². The van der Waals surface area contributed by atoms with Crippen LogP contribution in [-0.4, -0.2) is 25.8 Å². The summed E-state index contributed by atoms with van der Waals surface area (Å²) in [5.41, 5.74) is 0. The molecule has 1 N–H and O–H groups in total. The molecule has 0 spiro atoms. The molecule has 0 aliphatic carbocycles. The Hall–Kier alpha value is -0.0800. The first kappa shape index (κ1) is 15.9. The van der Waals surface area contributed by atoms with Crippen molar-refractivity contribution in [3.8, 4) is 0 Å². The summed E-state index contributed by atoms with van der Waals surface area (Å²) >= 11 is 0. The Labute approximate surface area is 102 Å². The van der Waals surface area contributed by atoms with E-state index in [1.807, 2.05) is 0 Å². The van der Waals surface area contributed by atoms with E-state index in [1.165, 1.54) is 19.3 Å². The Morgan fingerprint density at radius 2 is 1.81 bits per heavy atom. The minimum Gasteiger partial charge on any atom is -0.381 e. The summed E-state index contributed by atoms with van der Waals surface area (Å²) in [6.45, 7) is 14.1. The van der Waals surface area contributed by atoms with Crippen LogP contribution in [0.3, 0.4) is 0 Å². The van der Waals surface area contributed by atoms with E-state index < -0.39 is 0 Å². The molecule has 0 saturated heterocycles. The molecule has 0 aromatic heterocycles. The predicted molar refractivity (Wildman–Crippen MR) is 71.8 cm³/mol. The van der Waals surface area contributed by atoms with Gasteiger partial charge in [-0.25, -0.2) is 0 Å². The average molecular weight is 229 g/mol. The second-order valence-electron chi connectivity index (χ2n) is 5.17. The van der Waals surface area contributed by atoms with Crippen molar-refractivity contribution in [3.63, 3.8) is 0 Å². The molecule has 0 bridgehead atoms. The lowest BCUT2D eigenvalue weighted by molar-refractivity contribution is 0.0931. The number of hydrogen-bond donors (Lipinski definition) is 1. The lowest BCUT2D eigenvalue weighted by atomic mass is 9.95. The van der Waals surface area contributed by atoms with Gasteiger partial charge < -0.3 is 10.1 Å². The number of rotatable bonds is 10. The van der Waals surface area contributed by atoms with Crippen molar-refractivity contribution in [2.24, 2.45) is 11.8 Å². The number of hydrogen-bond acceptors (Lipinski definition) is 2. The maximum Gasteiger partial charge on any atom is 0.0488 e. The van der Waals surface area contributed by atoms with Crippen molar-refractivity contribution in [2.75, 3.05) is 19.8 Å². The highest BCUT2D eigenvalue weighted by Gasteiger charge is 2.14. The van der Waals surface area contributed by atoms with Crippen LogP contribution in [0, 0.1) is 11.8 Å². The van der Waals surface area contributed by atoms with Crippen LogP contribution in [0.1, 0.15) is 53.9 Å². The molecular weight excluding hydrogens is 198 g/mol. The zero-order valence-electron chi connectivity index (χ0n) is 11.9. The molecular formula is C14H31NO. The Morgan fingerprint density at radius 1 is 1.12 bits per heavy atom. The molecule has 2 heteroatoms. The van der Waals surface area contributed by atoms with Gasteiger partial charge >= 0.3 is 0 Å². The Bertz CT molecular complexity index is 148. The van der Waals surface area contributed by atoms with Crippen molar-refractivity contribution in [1.29, 1.82) is 0 Å². The molecule has 0 heterocycles. The largest absolute Gasteiger partial charge is 0.381 e. The molecule has 0 rings (SSSR count). The van der Waals surface area contributed by atoms with E-state index in [2.05, 4.69) is 39.9 Å². The first-order chi connectivity index (χ1) is 7.61. The van der Waals surface area contributed by atoms with Crippen molar-refractivity contribution in [3.05, 3.63) is 0 Å². The summed E-state index contributed by atoms with van der Waals surface area (Å²) in [4.78, 5) is 0. The van der Waals surface area contributed by atoms with Crippen molar-refractivity contribution in [1.82, 2.24) is 5.32 Å². The quantitative estimate of drug-likeness (QED) is 0.579. The fourth-order valence-electron chi connectivity index (χ4n) is 1.90. The van der Waals surface area contributed by atoms with Crippen LogP contribution in [0.4, 0.5) is 0 Å². The second kappa shape index (κ2) is 10.1. The fraction of sp³-hybridized carbons (Fsp3) is 1.00. The van der Waals surface area contributed by atoms with Crippen LogP contribution in [0.5, 0.6) is 0 Å². The molecule has 0 radical (unpaired) electrons. The Kier molecular flexibility index (Phi) is 10.0. The third-order valence-electron chi connectivity index (χ3n) is 3.03. The van der Waals surface area contributed by atoms with Gasteiger partial charge in [0.15, 0.2) is 0 Å². The van der Waals surface area contributed by atoms with Crippen LogP contribution in [0.25, 0.3) is 0 Å². The molecule has 0 aromatic carbocycles. The summed E-state index contributed by atoms with van der Waals surface area (Å²) in [5, 5.41) is 3.58. The van der Waals surface area contributed by atoms with E-state index in [0.717, 1.165) is 25.7 Å². The lowest BCUT2D eigenvalue weighted by Gasteiger charge is -2.24. The lowest BCUT2D eigenvalue weighted by Crippen LogP contribution is -2.34. The summed E-state index contributed by atoms with van der Waals surface area (Å²) in [6, 6.07) is 0.618. The maximum atomic E-state index is 5.65. The predicted octanol–water partition coefficient (Wildman–Crippen LogP) is 3.46. The molecule has 2 atom stereocenters. The van der Waals surface area contributed by atoms with Crippen molar-refractivity contribution >= 4 is 0 Å². The molecule has 98 valence electrons. The highest BCUT2D eigenvalue weighted by molar-refractivity contribution is 4.70. The van der Waals surface area contributed by atoms with E-state index in [4.69, 9.17) is 4.74 Å². The summed E-state index contributed by atoms with van der Waals surface area (Å²) in [7, 11) is 0. The third kappa shape index (κ3) is 8.12. The van der Waals surface area contributed by atoms with E-state index in [1.54, 1.807) is 0 Å². The monoisotopic (exact) mass is 229 g/mol. The highest BCUT2D eigenvalue weighted by Crippen LogP contribution is 2.13. The van der Waals surface area contributed by atoms with Gasteiger partial charge in [-0.05, 0) is 38.1 Å². The van der Waals surface area contributed by atoms with Crippen LogP contribution in [0.2, 0.25) is 0 Å². The normalized spacial score (nSPS) is 15.4. The highest BCUT2D eigenvalue weighted by atomic mass is 16.5. The minimum absolute atomic E-state index is 0.618. The topological polar surface area (TPSA) is 21.3 Å². The second-order valence-corrected chi connectivity index (χ2v) is 5.17. The zero-order chi connectivity index (χ0) is 12.4. The van der Waals surface area contributed by atoms with Gasteiger partial charge in [0, 0.05) is 19.3 Å². The molecule has 0 aliphatic rings. The van der Waals surface area contributed by atoms with Gasteiger partial charge in [-0.15, -0.1) is 0 Å². The smallest absolute Gasteiger partial charge is 0.0488 e. The van der Waals surface area contributed by atoms with Crippen LogP contribution in [-0.2, 0) is 4.74 Å². The number of ether oxygens (including phenoxy) is 1. The van der Waals surface area contributed by atoms with Crippen LogP contribution >= 0.6 is 0 Å². The van der Waals surface area contributed by atoms with Crippen LogP contribution < -0.4 is 5.32 Å². The minimum atomic E-state index is 0.618. The van der Waals surface area contributed by atoms with Crippen molar-refractivity contribution in [2.45, 2.75) is 59.9 Å². The van der Waals surface area contributed by atoms with Crippen molar-refractivity contribution < 1.29 is 4.74 Å². The first-order valence-electron chi connectivity index (χ1n) is 6.92. The van der Waals surface area contributed by atoms with Gasteiger partial charge in [0.05, 0.1) is 0 Å². The third-order valence-corrected chi connectivity index (χ3v) is 3.03. The molecule has 0 aromatic rings. The Balaban J connectivity index is 3.64. The summed E-state index contributed by atoms with van der Waals surface area (Å²) in [6.07, 6.45) is 3.63. The van der Waals surface area contributed by atoms with E-state index >= 15 is 0 Å². The molecule has 16 heavy (non-hydrogen) atoms.